The van der Waals surface area contributed by atoms with E-state index in [1.54, 1.807) is 36.4 Å². The van der Waals surface area contributed by atoms with Gasteiger partial charge in [-0.15, -0.1) is 0 Å². The van der Waals surface area contributed by atoms with Crippen molar-refractivity contribution in [2.75, 3.05) is 6.54 Å². The second-order valence-electron chi connectivity index (χ2n) is 5.30. The smallest absolute Gasteiger partial charge is 0.182 e. The van der Waals surface area contributed by atoms with Gasteiger partial charge in [-0.1, -0.05) is 41.9 Å². The van der Waals surface area contributed by atoms with Crippen LogP contribution in [0.4, 0.5) is 0 Å². The van der Waals surface area contributed by atoms with Gasteiger partial charge in [0, 0.05) is 10.9 Å². The van der Waals surface area contributed by atoms with E-state index in [1.165, 1.54) is 0 Å². The van der Waals surface area contributed by atoms with Crippen molar-refractivity contribution in [3.8, 4) is 0 Å². The summed E-state index contributed by atoms with van der Waals surface area (Å²) in [5, 5.41) is 0.161. The summed E-state index contributed by atoms with van der Waals surface area (Å²) in [7, 11) is -3.36. The maximum Gasteiger partial charge on any atom is 0.182 e. The van der Waals surface area contributed by atoms with Gasteiger partial charge in [-0.3, -0.25) is 0 Å². The molecule has 0 bridgehead atoms. The van der Waals surface area contributed by atoms with Crippen LogP contribution in [0.3, 0.4) is 0 Å². The van der Waals surface area contributed by atoms with Gasteiger partial charge in [0.25, 0.3) is 0 Å². The van der Waals surface area contributed by atoms with E-state index in [0.717, 1.165) is 5.56 Å². The molecule has 2 aromatic carbocycles. The zero-order valence-corrected chi connectivity index (χ0v) is 12.9. The Balaban J connectivity index is 1.96. The molecule has 1 aliphatic carbocycles. The molecule has 5 heteroatoms. The van der Waals surface area contributed by atoms with Crippen LogP contribution in [-0.2, 0) is 9.84 Å². The zero-order chi connectivity index (χ0) is 15.0. The van der Waals surface area contributed by atoms with Crippen molar-refractivity contribution < 1.29 is 8.42 Å². The Hall–Kier alpha value is -1.36. The molecule has 0 heterocycles. The van der Waals surface area contributed by atoms with E-state index in [0.29, 0.717) is 16.5 Å². The molecule has 0 spiro atoms. The molecule has 2 N–H and O–H groups in total. The van der Waals surface area contributed by atoms with E-state index in [-0.39, 0.29) is 11.8 Å². The molecule has 0 aromatic heterocycles. The molecule has 3 nitrogen and oxygen atoms in total. The lowest BCUT2D eigenvalue weighted by Crippen LogP contribution is -2.13. The van der Waals surface area contributed by atoms with Gasteiger partial charge in [0.1, 0.15) is 0 Å². The molecular formula is C16H16ClNO2S. The first-order valence-corrected chi connectivity index (χ1v) is 8.72. The molecular weight excluding hydrogens is 306 g/mol. The third-order valence-electron chi connectivity index (χ3n) is 4.03. The molecule has 21 heavy (non-hydrogen) atoms. The van der Waals surface area contributed by atoms with Crippen LogP contribution < -0.4 is 5.73 Å². The summed E-state index contributed by atoms with van der Waals surface area (Å²) in [6, 6.07) is 15.9. The number of hydrogen-bond donors (Lipinski definition) is 1. The lowest BCUT2D eigenvalue weighted by molar-refractivity contribution is 0.591. The van der Waals surface area contributed by atoms with Crippen molar-refractivity contribution in [1.29, 1.82) is 0 Å². The van der Waals surface area contributed by atoms with Crippen LogP contribution in [0, 0.1) is 5.92 Å². The van der Waals surface area contributed by atoms with Crippen molar-refractivity contribution in [3.63, 3.8) is 0 Å². The van der Waals surface area contributed by atoms with Gasteiger partial charge in [0.05, 0.1) is 10.1 Å². The Kier molecular flexibility index (Phi) is 3.78. The highest BCUT2D eigenvalue weighted by Crippen LogP contribution is 2.53. The molecule has 1 saturated carbocycles. The van der Waals surface area contributed by atoms with Gasteiger partial charge in [0.15, 0.2) is 9.84 Å². The largest absolute Gasteiger partial charge is 0.330 e. The number of rotatable bonds is 4. The first-order valence-electron chi connectivity index (χ1n) is 6.80. The van der Waals surface area contributed by atoms with E-state index >= 15 is 0 Å². The van der Waals surface area contributed by atoms with Gasteiger partial charge >= 0.3 is 0 Å². The van der Waals surface area contributed by atoms with E-state index < -0.39 is 15.1 Å². The van der Waals surface area contributed by atoms with E-state index in [1.807, 2.05) is 18.2 Å². The Morgan fingerprint density at radius 3 is 2.38 bits per heavy atom. The van der Waals surface area contributed by atoms with Crippen molar-refractivity contribution in [1.82, 2.24) is 0 Å². The summed E-state index contributed by atoms with van der Waals surface area (Å²) >= 11 is 6.01. The minimum absolute atomic E-state index is 0.0475. The van der Waals surface area contributed by atoms with Gasteiger partial charge < -0.3 is 5.73 Å². The molecule has 0 aliphatic heterocycles. The normalized spacial score (nSPS) is 24.8. The number of nitrogens with two attached hydrogens (primary N) is 1. The Morgan fingerprint density at radius 1 is 1.05 bits per heavy atom. The topological polar surface area (TPSA) is 60.2 Å². The predicted molar refractivity (Wildman–Crippen MR) is 84.2 cm³/mol. The van der Waals surface area contributed by atoms with Crippen molar-refractivity contribution >= 4 is 21.4 Å². The van der Waals surface area contributed by atoms with Gasteiger partial charge in [-0.25, -0.2) is 8.42 Å². The molecule has 0 unspecified atom stereocenters. The van der Waals surface area contributed by atoms with Crippen LogP contribution in [0.1, 0.15) is 11.5 Å². The van der Waals surface area contributed by atoms with Crippen molar-refractivity contribution in [3.05, 3.63) is 65.2 Å². The maximum atomic E-state index is 12.7. The third-order valence-corrected chi connectivity index (χ3v) is 6.56. The average Bonchev–Trinajstić information content (AvgIpc) is 3.23. The highest BCUT2D eigenvalue weighted by Gasteiger charge is 2.57. The average molecular weight is 322 g/mol. The first-order chi connectivity index (χ1) is 10.1. The highest BCUT2D eigenvalue weighted by atomic mass is 35.5. The number of hydrogen-bond acceptors (Lipinski definition) is 3. The molecule has 1 fully saturated rings. The maximum absolute atomic E-state index is 12.7. The monoisotopic (exact) mass is 321 g/mol. The lowest BCUT2D eigenvalue weighted by atomic mass is 10.1. The molecule has 2 aromatic rings. The van der Waals surface area contributed by atoms with Crippen LogP contribution in [0.2, 0.25) is 5.02 Å². The Bertz CT molecular complexity index is 746. The Labute approximate surface area is 129 Å². The molecule has 3 rings (SSSR count). The second kappa shape index (κ2) is 5.44. The minimum atomic E-state index is -3.36. The minimum Gasteiger partial charge on any atom is -0.330 e. The molecule has 1 aliphatic rings. The fourth-order valence-corrected chi connectivity index (χ4v) is 5.41. The van der Waals surface area contributed by atoms with Crippen LogP contribution in [0.15, 0.2) is 59.5 Å². The highest BCUT2D eigenvalue weighted by molar-refractivity contribution is 7.92. The van der Waals surface area contributed by atoms with Crippen molar-refractivity contribution in [2.45, 2.75) is 16.1 Å². The number of sulfone groups is 1. The molecule has 0 radical (unpaired) electrons. The van der Waals surface area contributed by atoms with Gasteiger partial charge in [0.2, 0.25) is 0 Å². The number of benzene rings is 2. The summed E-state index contributed by atoms with van der Waals surface area (Å²) in [6.07, 6.45) is 0. The van der Waals surface area contributed by atoms with E-state index in [4.69, 9.17) is 17.3 Å². The standard InChI is InChI=1S/C16H16ClNO2S/c17-12-6-4-5-11(9-12)15-14(10-18)16(15)21(19,20)13-7-2-1-3-8-13/h1-9,14-16H,10,18H2/t14-,15-,16-/m1/s1. The SMILES string of the molecule is NC[C@@H]1[C@@H](c2cccc(Cl)c2)[C@@H]1S(=O)(=O)c1ccccc1. The van der Waals surface area contributed by atoms with Gasteiger partial charge in [-0.05, 0) is 42.3 Å². The fraction of sp³-hybridized carbons (Fsp3) is 0.250. The lowest BCUT2D eigenvalue weighted by Gasteiger charge is -2.04. The summed E-state index contributed by atoms with van der Waals surface area (Å²) in [5.41, 5.74) is 6.71. The van der Waals surface area contributed by atoms with E-state index in [2.05, 4.69) is 0 Å². The van der Waals surface area contributed by atoms with Crippen LogP contribution in [0.5, 0.6) is 0 Å². The molecule has 110 valence electrons. The molecule has 0 saturated heterocycles. The van der Waals surface area contributed by atoms with Gasteiger partial charge in [-0.2, -0.15) is 0 Å². The number of halogens is 1. The summed E-state index contributed by atoms with van der Waals surface area (Å²) < 4.78 is 25.5. The fourth-order valence-electron chi connectivity index (χ4n) is 2.96. The Morgan fingerprint density at radius 2 is 1.76 bits per heavy atom. The summed E-state index contributed by atoms with van der Waals surface area (Å²) in [6.45, 7) is 0.355. The third kappa shape index (κ3) is 2.59. The second-order valence-corrected chi connectivity index (χ2v) is 7.85. The van der Waals surface area contributed by atoms with Crippen LogP contribution >= 0.6 is 11.6 Å². The molecule has 0 amide bonds. The van der Waals surface area contributed by atoms with Crippen LogP contribution in [-0.4, -0.2) is 20.2 Å². The molecule has 3 atom stereocenters. The van der Waals surface area contributed by atoms with Crippen LogP contribution in [0.25, 0.3) is 0 Å². The zero-order valence-electron chi connectivity index (χ0n) is 11.3. The predicted octanol–water partition coefficient (Wildman–Crippen LogP) is 2.85. The quantitative estimate of drug-likeness (QED) is 0.942. The first kappa shape index (κ1) is 14.6. The summed E-state index contributed by atoms with van der Waals surface area (Å²) in [5.74, 6) is -0.118. The summed E-state index contributed by atoms with van der Waals surface area (Å²) in [4.78, 5) is 0.359. The van der Waals surface area contributed by atoms with E-state index in [9.17, 15) is 8.42 Å². The van der Waals surface area contributed by atoms with Crippen molar-refractivity contribution in [2.24, 2.45) is 11.7 Å².